The molecule has 0 saturated carbocycles. The highest BCUT2D eigenvalue weighted by molar-refractivity contribution is 5.53. The van der Waals surface area contributed by atoms with E-state index in [1.807, 2.05) is 44.2 Å². The number of hydrogen-bond acceptors (Lipinski definition) is 5. The smallest absolute Gasteiger partial charge is 0.231 e. The van der Waals surface area contributed by atoms with E-state index in [2.05, 4.69) is 0 Å². The van der Waals surface area contributed by atoms with E-state index in [0.29, 0.717) is 24.0 Å². The molecule has 0 aromatic heterocycles. The lowest BCUT2D eigenvalue weighted by atomic mass is 10.2. The van der Waals surface area contributed by atoms with Crippen LogP contribution in [0.15, 0.2) is 30.3 Å². The minimum absolute atomic E-state index is 0.360. The average Bonchev–Trinajstić information content (AvgIpc) is 3.01. The Kier molecular flexibility index (Phi) is 5.57. The number of benzene rings is 2. The predicted octanol–water partition coefficient (Wildman–Crippen LogP) is 3.74. The van der Waals surface area contributed by atoms with Crippen molar-refractivity contribution in [2.75, 3.05) is 28.1 Å². The highest BCUT2D eigenvalue weighted by Crippen LogP contribution is 2.37. The number of rotatable bonds is 3. The second-order valence-electron chi connectivity index (χ2n) is 5.06. The molecule has 5 heteroatoms. The summed E-state index contributed by atoms with van der Waals surface area (Å²) in [7, 11) is 4.81. The first-order valence-electron chi connectivity index (χ1n) is 7.22. The second-order valence-corrected chi connectivity index (χ2v) is 5.06. The Bertz CT molecular complexity index is 641. The third-order valence-electron chi connectivity index (χ3n) is 3.34. The summed E-state index contributed by atoms with van der Waals surface area (Å²) in [6.45, 7) is 4.37. The normalized spacial score (nSPS) is 11.3. The quantitative estimate of drug-likeness (QED) is 0.862. The molecule has 0 saturated heterocycles. The van der Waals surface area contributed by atoms with Gasteiger partial charge in [0.15, 0.2) is 23.0 Å². The number of fused-ring (bicyclic) bond motifs is 1. The van der Waals surface area contributed by atoms with E-state index in [4.69, 9.17) is 23.7 Å². The van der Waals surface area contributed by atoms with Crippen molar-refractivity contribution in [1.82, 2.24) is 0 Å². The van der Waals surface area contributed by atoms with E-state index in [1.165, 1.54) is 5.56 Å². The summed E-state index contributed by atoms with van der Waals surface area (Å²) in [6.07, 6.45) is 0. The molecule has 1 aliphatic rings. The average molecular weight is 318 g/mol. The van der Waals surface area contributed by atoms with Gasteiger partial charge in [0, 0.05) is 0 Å². The molecule has 2 aromatic carbocycles. The summed E-state index contributed by atoms with van der Waals surface area (Å²) in [5.74, 6) is 3.74. The molecule has 3 rings (SSSR count). The SMILES string of the molecule is COc1cc(C)cc(OC)c1OC.Cc1ccc2c(c1)OCO2. The van der Waals surface area contributed by atoms with Crippen molar-refractivity contribution in [3.63, 3.8) is 0 Å². The van der Waals surface area contributed by atoms with E-state index in [9.17, 15) is 0 Å². The van der Waals surface area contributed by atoms with Crippen molar-refractivity contribution in [1.29, 1.82) is 0 Å². The first-order valence-corrected chi connectivity index (χ1v) is 7.22. The summed E-state index contributed by atoms with van der Waals surface area (Å²) >= 11 is 0. The largest absolute Gasteiger partial charge is 0.493 e. The zero-order chi connectivity index (χ0) is 16.8. The lowest BCUT2D eigenvalue weighted by molar-refractivity contribution is 0.174. The first-order chi connectivity index (χ1) is 11.1. The molecular weight excluding hydrogens is 296 g/mol. The number of ether oxygens (including phenoxy) is 5. The van der Waals surface area contributed by atoms with Gasteiger partial charge in [0.2, 0.25) is 12.5 Å². The van der Waals surface area contributed by atoms with Gasteiger partial charge in [-0.05, 0) is 49.2 Å². The van der Waals surface area contributed by atoms with Gasteiger partial charge in [0.05, 0.1) is 21.3 Å². The maximum absolute atomic E-state index is 5.16. The van der Waals surface area contributed by atoms with Crippen molar-refractivity contribution < 1.29 is 23.7 Å². The monoisotopic (exact) mass is 318 g/mol. The molecule has 0 amide bonds. The Labute approximate surface area is 136 Å². The van der Waals surface area contributed by atoms with Crippen LogP contribution in [0.4, 0.5) is 0 Å². The van der Waals surface area contributed by atoms with Crippen LogP contribution in [0.5, 0.6) is 28.7 Å². The molecule has 2 aromatic rings. The van der Waals surface area contributed by atoms with E-state index in [-0.39, 0.29) is 0 Å². The maximum atomic E-state index is 5.16. The van der Waals surface area contributed by atoms with Crippen molar-refractivity contribution in [2.45, 2.75) is 13.8 Å². The zero-order valence-electron chi connectivity index (χ0n) is 14.1. The summed E-state index contributed by atoms with van der Waals surface area (Å²) in [6, 6.07) is 9.72. The van der Waals surface area contributed by atoms with Gasteiger partial charge < -0.3 is 23.7 Å². The Balaban J connectivity index is 0.000000172. The van der Waals surface area contributed by atoms with Crippen LogP contribution < -0.4 is 23.7 Å². The molecule has 0 unspecified atom stereocenters. The molecule has 1 heterocycles. The van der Waals surface area contributed by atoms with Gasteiger partial charge in [0.25, 0.3) is 0 Å². The van der Waals surface area contributed by atoms with Crippen LogP contribution in [0, 0.1) is 13.8 Å². The number of aryl methyl sites for hydroxylation is 2. The molecule has 0 N–H and O–H groups in total. The summed E-state index contributed by atoms with van der Waals surface area (Å²) in [4.78, 5) is 0. The molecule has 0 spiro atoms. The number of hydrogen-bond donors (Lipinski definition) is 0. The topological polar surface area (TPSA) is 46.2 Å². The van der Waals surface area contributed by atoms with Crippen molar-refractivity contribution in [3.05, 3.63) is 41.5 Å². The minimum Gasteiger partial charge on any atom is -0.493 e. The highest BCUT2D eigenvalue weighted by atomic mass is 16.7. The van der Waals surface area contributed by atoms with E-state index in [1.54, 1.807) is 21.3 Å². The highest BCUT2D eigenvalue weighted by Gasteiger charge is 2.11. The molecule has 0 bridgehead atoms. The standard InChI is InChI=1S/C10H14O3.C8H8O2/c1-7-5-8(11-2)10(13-4)9(6-7)12-3;1-6-2-3-7-8(4-6)10-5-9-7/h5-6H,1-4H3;2-4H,5H2,1H3. The lowest BCUT2D eigenvalue weighted by Gasteiger charge is -2.12. The van der Waals surface area contributed by atoms with Crippen molar-refractivity contribution >= 4 is 0 Å². The molecule has 0 radical (unpaired) electrons. The van der Waals surface area contributed by atoms with Crippen LogP contribution >= 0.6 is 0 Å². The third-order valence-corrected chi connectivity index (χ3v) is 3.34. The van der Waals surface area contributed by atoms with Gasteiger partial charge >= 0.3 is 0 Å². The molecule has 1 aliphatic heterocycles. The third kappa shape index (κ3) is 4.00. The molecule has 124 valence electrons. The molecular formula is C18H22O5. The molecule has 23 heavy (non-hydrogen) atoms. The minimum atomic E-state index is 0.360. The first kappa shape index (κ1) is 16.8. The van der Waals surface area contributed by atoms with Gasteiger partial charge in [-0.15, -0.1) is 0 Å². The Hall–Kier alpha value is -2.56. The van der Waals surface area contributed by atoms with E-state index in [0.717, 1.165) is 17.1 Å². The predicted molar refractivity (Wildman–Crippen MR) is 88.1 cm³/mol. The Morgan fingerprint density at radius 3 is 1.91 bits per heavy atom. The van der Waals surface area contributed by atoms with Gasteiger partial charge in [-0.3, -0.25) is 0 Å². The zero-order valence-corrected chi connectivity index (χ0v) is 14.1. The molecule has 0 atom stereocenters. The van der Waals surface area contributed by atoms with Crippen molar-refractivity contribution in [2.24, 2.45) is 0 Å². The van der Waals surface area contributed by atoms with Gasteiger partial charge in [-0.2, -0.15) is 0 Å². The van der Waals surface area contributed by atoms with Crippen LogP contribution in [-0.4, -0.2) is 28.1 Å². The van der Waals surface area contributed by atoms with Crippen LogP contribution in [0.3, 0.4) is 0 Å². The molecule has 0 aliphatic carbocycles. The fourth-order valence-electron chi connectivity index (χ4n) is 2.22. The van der Waals surface area contributed by atoms with E-state index >= 15 is 0 Å². The van der Waals surface area contributed by atoms with Gasteiger partial charge in [-0.25, -0.2) is 0 Å². The lowest BCUT2D eigenvalue weighted by Crippen LogP contribution is -1.95. The van der Waals surface area contributed by atoms with Gasteiger partial charge in [-0.1, -0.05) is 6.07 Å². The van der Waals surface area contributed by atoms with E-state index < -0.39 is 0 Å². The van der Waals surface area contributed by atoms with Crippen LogP contribution in [0.1, 0.15) is 11.1 Å². The van der Waals surface area contributed by atoms with Gasteiger partial charge in [0.1, 0.15) is 0 Å². The fourth-order valence-corrected chi connectivity index (χ4v) is 2.22. The summed E-state index contributed by atoms with van der Waals surface area (Å²) in [5, 5.41) is 0. The van der Waals surface area contributed by atoms with Crippen LogP contribution in [-0.2, 0) is 0 Å². The summed E-state index contributed by atoms with van der Waals surface area (Å²) in [5.41, 5.74) is 2.28. The van der Waals surface area contributed by atoms with Crippen LogP contribution in [0.25, 0.3) is 0 Å². The van der Waals surface area contributed by atoms with Crippen molar-refractivity contribution in [3.8, 4) is 28.7 Å². The number of methoxy groups -OCH3 is 3. The fraction of sp³-hybridized carbons (Fsp3) is 0.333. The second kappa shape index (κ2) is 7.63. The van der Waals surface area contributed by atoms with Crippen LogP contribution in [0.2, 0.25) is 0 Å². The summed E-state index contributed by atoms with van der Waals surface area (Å²) < 4.78 is 25.8. The Morgan fingerprint density at radius 1 is 0.739 bits per heavy atom. The Morgan fingerprint density at radius 2 is 1.35 bits per heavy atom. The molecule has 5 nitrogen and oxygen atoms in total. The molecule has 0 fully saturated rings. The maximum Gasteiger partial charge on any atom is 0.231 e.